The summed E-state index contributed by atoms with van der Waals surface area (Å²) in [5.74, 6) is 1.10. The molecule has 1 aromatic heterocycles. The number of halogens is 2. The molecule has 0 saturated heterocycles. The molecule has 0 spiro atoms. The van der Waals surface area contributed by atoms with Crippen molar-refractivity contribution >= 4 is 40.9 Å². The lowest BCUT2D eigenvalue weighted by Gasteiger charge is -2.13. The van der Waals surface area contributed by atoms with Crippen molar-refractivity contribution in [2.75, 3.05) is 0 Å². The molecular weight excluding hydrogens is 475 g/mol. The maximum absolute atomic E-state index is 12.7. The number of nitrogens with one attached hydrogen (secondary N) is 1. The van der Waals surface area contributed by atoms with Crippen LogP contribution in [0.25, 0.3) is 5.69 Å². The molecule has 168 valence electrons. The van der Waals surface area contributed by atoms with Crippen molar-refractivity contribution in [3.8, 4) is 5.69 Å². The molecule has 0 aliphatic heterocycles. The Bertz CT molecular complexity index is 1240. The van der Waals surface area contributed by atoms with Gasteiger partial charge in [-0.15, -0.1) is 10.2 Å². The van der Waals surface area contributed by atoms with Gasteiger partial charge in [0, 0.05) is 16.3 Å². The molecule has 0 atom stereocenters. The third-order valence-electron chi connectivity index (χ3n) is 5.09. The molecule has 3 aromatic carbocycles. The summed E-state index contributed by atoms with van der Waals surface area (Å²) in [4.78, 5) is 12.7. The number of carbonyl (C=O) groups is 1. The smallest absolute Gasteiger partial charge is 0.251 e. The topological polar surface area (TPSA) is 59.8 Å². The van der Waals surface area contributed by atoms with Crippen LogP contribution in [0.5, 0.6) is 0 Å². The molecular formula is C25H22Cl2N4OS. The van der Waals surface area contributed by atoms with Crippen LogP contribution >= 0.6 is 35.0 Å². The molecule has 1 N–H and O–H groups in total. The Morgan fingerprint density at radius 3 is 2.45 bits per heavy atom. The van der Waals surface area contributed by atoms with Crippen molar-refractivity contribution in [1.82, 2.24) is 20.1 Å². The van der Waals surface area contributed by atoms with Gasteiger partial charge in [-0.2, -0.15) is 0 Å². The first-order valence-electron chi connectivity index (χ1n) is 10.5. The van der Waals surface area contributed by atoms with Crippen LogP contribution < -0.4 is 5.32 Å². The van der Waals surface area contributed by atoms with E-state index in [0.717, 1.165) is 6.42 Å². The van der Waals surface area contributed by atoms with Gasteiger partial charge in [-0.05, 0) is 47.9 Å². The van der Waals surface area contributed by atoms with Crippen LogP contribution in [-0.2, 0) is 18.7 Å². The summed E-state index contributed by atoms with van der Waals surface area (Å²) >= 11 is 14.3. The van der Waals surface area contributed by atoms with Gasteiger partial charge in [-0.3, -0.25) is 9.36 Å². The molecule has 33 heavy (non-hydrogen) atoms. The van der Waals surface area contributed by atoms with E-state index >= 15 is 0 Å². The zero-order chi connectivity index (χ0) is 23.2. The molecule has 1 amide bonds. The van der Waals surface area contributed by atoms with E-state index in [4.69, 9.17) is 23.2 Å². The van der Waals surface area contributed by atoms with Crippen molar-refractivity contribution in [2.24, 2.45) is 0 Å². The highest BCUT2D eigenvalue weighted by Crippen LogP contribution is 2.31. The van der Waals surface area contributed by atoms with E-state index in [-0.39, 0.29) is 12.5 Å². The summed E-state index contributed by atoms with van der Waals surface area (Å²) in [5.41, 5.74) is 3.61. The minimum atomic E-state index is -0.178. The van der Waals surface area contributed by atoms with Gasteiger partial charge < -0.3 is 5.32 Å². The Morgan fingerprint density at radius 2 is 1.73 bits per heavy atom. The molecule has 0 fully saturated rings. The van der Waals surface area contributed by atoms with Crippen molar-refractivity contribution in [1.29, 1.82) is 0 Å². The Kier molecular flexibility index (Phi) is 7.70. The number of benzene rings is 3. The zero-order valence-corrected chi connectivity index (χ0v) is 20.3. The fourth-order valence-electron chi connectivity index (χ4n) is 3.28. The van der Waals surface area contributed by atoms with Gasteiger partial charge in [0.05, 0.1) is 17.3 Å². The molecule has 8 heteroatoms. The van der Waals surface area contributed by atoms with Gasteiger partial charge in [0.2, 0.25) is 0 Å². The minimum absolute atomic E-state index is 0.178. The van der Waals surface area contributed by atoms with Crippen LogP contribution in [0.1, 0.15) is 34.2 Å². The lowest BCUT2D eigenvalue weighted by Crippen LogP contribution is -2.24. The van der Waals surface area contributed by atoms with E-state index in [0.29, 0.717) is 38.0 Å². The number of amides is 1. The summed E-state index contributed by atoms with van der Waals surface area (Å²) in [5, 5.41) is 13.4. The molecule has 0 saturated carbocycles. The standard InChI is InChI=1S/C25H22Cl2N4OS/c1-2-17-8-10-19(11-9-17)24(32)28-15-23-29-30-25(33-16-18-6-4-3-5-7-18)31(23)22-14-20(26)12-13-21(22)27/h3-14H,2,15-16H2,1H3,(H,28,32). The van der Waals surface area contributed by atoms with E-state index in [9.17, 15) is 4.79 Å². The number of thioether (sulfide) groups is 1. The second-order valence-electron chi connectivity index (χ2n) is 7.34. The third kappa shape index (κ3) is 5.77. The van der Waals surface area contributed by atoms with E-state index in [1.807, 2.05) is 47.0 Å². The third-order valence-corrected chi connectivity index (χ3v) is 6.65. The predicted molar refractivity (Wildman–Crippen MR) is 134 cm³/mol. The van der Waals surface area contributed by atoms with E-state index in [1.54, 1.807) is 30.0 Å². The maximum atomic E-state index is 12.7. The SMILES string of the molecule is CCc1ccc(C(=O)NCc2nnc(SCc3ccccc3)n2-c2cc(Cl)ccc2Cl)cc1. The van der Waals surface area contributed by atoms with Crippen LogP contribution in [0.2, 0.25) is 10.0 Å². The first kappa shape index (κ1) is 23.4. The van der Waals surface area contributed by atoms with Crippen LogP contribution in [0, 0.1) is 0 Å². The van der Waals surface area contributed by atoms with E-state index < -0.39 is 0 Å². The molecule has 4 aromatic rings. The predicted octanol–water partition coefficient (Wildman–Crippen LogP) is 6.36. The number of carbonyl (C=O) groups excluding carboxylic acids is 1. The van der Waals surface area contributed by atoms with E-state index in [2.05, 4.69) is 34.6 Å². The Hall–Kier alpha value is -2.80. The van der Waals surface area contributed by atoms with Crippen molar-refractivity contribution in [3.63, 3.8) is 0 Å². The van der Waals surface area contributed by atoms with Crippen LogP contribution in [0.3, 0.4) is 0 Å². The van der Waals surface area contributed by atoms with Gasteiger partial charge >= 0.3 is 0 Å². The second-order valence-corrected chi connectivity index (χ2v) is 9.12. The van der Waals surface area contributed by atoms with Gasteiger partial charge in [0.1, 0.15) is 0 Å². The Morgan fingerprint density at radius 1 is 0.970 bits per heavy atom. The molecule has 0 bridgehead atoms. The molecule has 0 radical (unpaired) electrons. The summed E-state index contributed by atoms with van der Waals surface area (Å²) < 4.78 is 1.85. The number of aryl methyl sites for hydroxylation is 1. The monoisotopic (exact) mass is 496 g/mol. The molecule has 0 unspecified atom stereocenters. The summed E-state index contributed by atoms with van der Waals surface area (Å²) in [6.07, 6.45) is 0.925. The number of nitrogens with zero attached hydrogens (tertiary/aromatic N) is 3. The quantitative estimate of drug-likeness (QED) is 0.288. The lowest BCUT2D eigenvalue weighted by atomic mass is 10.1. The van der Waals surface area contributed by atoms with Crippen LogP contribution in [0.4, 0.5) is 0 Å². The molecule has 4 rings (SSSR count). The fourth-order valence-corrected chi connectivity index (χ4v) is 4.57. The normalized spacial score (nSPS) is 10.9. The average Bonchev–Trinajstić information content (AvgIpc) is 3.26. The molecule has 1 heterocycles. The highest BCUT2D eigenvalue weighted by atomic mass is 35.5. The van der Waals surface area contributed by atoms with Gasteiger partial charge in [-0.1, -0.05) is 84.4 Å². The maximum Gasteiger partial charge on any atom is 0.251 e. The Balaban J connectivity index is 1.59. The summed E-state index contributed by atoms with van der Waals surface area (Å²) in [6.45, 7) is 2.27. The number of rotatable bonds is 8. The average molecular weight is 497 g/mol. The van der Waals surface area contributed by atoms with Crippen molar-refractivity contribution < 1.29 is 4.79 Å². The fraction of sp³-hybridized carbons (Fsp3) is 0.160. The highest BCUT2D eigenvalue weighted by molar-refractivity contribution is 7.98. The lowest BCUT2D eigenvalue weighted by molar-refractivity contribution is 0.0949. The summed E-state index contributed by atoms with van der Waals surface area (Å²) in [6, 6.07) is 22.9. The Labute approximate surface area is 207 Å². The highest BCUT2D eigenvalue weighted by Gasteiger charge is 2.18. The van der Waals surface area contributed by atoms with Crippen molar-refractivity contribution in [2.45, 2.75) is 30.8 Å². The number of aromatic nitrogens is 3. The first-order chi connectivity index (χ1) is 16.0. The minimum Gasteiger partial charge on any atom is -0.345 e. The van der Waals surface area contributed by atoms with Gasteiger partial charge in [0.15, 0.2) is 11.0 Å². The largest absolute Gasteiger partial charge is 0.345 e. The zero-order valence-electron chi connectivity index (χ0n) is 18.0. The molecule has 0 aliphatic rings. The summed E-state index contributed by atoms with van der Waals surface area (Å²) in [7, 11) is 0. The molecule has 0 aliphatic carbocycles. The number of hydrogen-bond donors (Lipinski definition) is 1. The van der Waals surface area contributed by atoms with Crippen LogP contribution in [0.15, 0.2) is 78.0 Å². The van der Waals surface area contributed by atoms with Crippen molar-refractivity contribution in [3.05, 3.63) is 105 Å². The van der Waals surface area contributed by atoms with Gasteiger partial charge in [0.25, 0.3) is 5.91 Å². The molecule has 5 nitrogen and oxygen atoms in total. The second kappa shape index (κ2) is 10.9. The number of hydrogen-bond acceptors (Lipinski definition) is 4. The van der Waals surface area contributed by atoms with Crippen LogP contribution in [-0.4, -0.2) is 20.7 Å². The van der Waals surface area contributed by atoms with E-state index in [1.165, 1.54) is 11.1 Å². The van der Waals surface area contributed by atoms with Gasteiger partial charge in [-0.25, -0.2) is 0 Å². The first-order valence-corrected chi connectivity index (χ1v) is 12.2.